The van der Waals surface area contributed by atoms with E-state index in [0.717, 1.165) is 29.5 Å². The maximum absolute atomic E-state index is 12.2. The summed E-state index contributed by atoms with van der Waals surface area (Å²) >= 11 is 13.8. The van der Waals surface area contributed by atoms with Crippen LogP contribution in [0.2, 0.25) is 10.0 Å². The smallest absolute Gasteiger partial charge is 0.263 e. The van der Waals surface area contributed by atoms with E-state index < -0.39 is 0 Å². The summed E-state index contributed by atoms with van der Waals surface area (Å²) in [6, 6.07) is 5.54. The zero-order valence-corrected chi connectivity index (χ0v) is 12.9. The number of rotatable bonds is 3. The Bertz CT molecular complexity index is 650. The number of hydrogen-bond acceptors (Lipinski definition) is 3. The molecule has 1 aliphatic heterocycles. The van der Waals surface area contributed by atoms with Gasteiger partial charge in [-0.2, -0.15) is 0 Å². The third-order valence-electron chi connectivity index (χ3n) is 3.33. The van der Waals surface area contributed by atoms with Crippen molar-refractivity contribution in [2.24, 2.45) is 0 Å². The highest BCUT2D eigenvalue weighted by atomic mass is 35.5. The van der Waals surface area contributed by atoms with Crippen LogP contribution in [0.1, 0.15) is 22.5 Å². The van der Waals surface area contributed by atoms with Gasteiger partial charge >= 0.3 is 0 Å². The molecule has 6 heteroatoms. The number of thiophene rings is 1. The van der Waals surface area contributed by atoms with Gasteiger partial charge in [0.25, 0.3) is 5.91 Å². The van der Waals surface area contributed by atoms with Gasteiger partial charge in [-0.05, 0) is 25.0 Å². The SMILES string of the molecule is O=C(NCC1CCCO1)c1sc2cccc(Cl)c2c1Cl. The second kappa shape index (κ2) is 5.90. The largest absolute Gasteiger partial charge is 0.376 e. The second-order valence-corrected chi connectivity index (χ2v) is 6.54. The highest BCUT2D eigenvalue weighted by Gasteiger charge is 2.21. The van der Waals surface area contributed by atoms with Crippen LogP contribution < -0.4 is 5.32 Å². The van der Waals surface area contributed by atoms with E-state index >= 15 is 0 Å². The molecule has 0 spiro atoms. The molecule has 1 atom stereocenters. The lowest BCUT2D eigenvalue weighted by Crippen LogP contribution is -2.31. The maximum atomic E-state index is 12.2. The first-order valence-electron chi connectivity index (χ1n) is 6.43. The fourth-order valence-electron chi connectivity index (χ4n) is 2.31. The Morgan fingerprint density at radius 3 is 3.00 bits per heavy atom. The van der Waals surface area contributed by atoms with Crippen molar-refractivity contribution in [2.75, 3.05) is 13.2 Å². The molecule has 20 heavy (non-hydrogen) atoms. The molecule has 106 valence electrons. The van der Waals surface area contributed by atoms with Crippen LogP contribution in [0.25, 0.3) is 10.1 Å². The van der Waals surface area contributed by atoms with Gasteiger partial charge in [-0.15, -0.1) is 11.3 Å². The number of carbonyl (C=O) groups is 1. The maximum Gasteiger partial charge on any atom is 0.263 e. The topological polar surface area (TPSA) is 38.3 Å². The monoisotopic (exact) mass is 329 g/mol. The molecule has 1 saturated heterocycles. The number of carbonyl (C=O) groups excluding carboxylic acids is 1. The minimum atomic E-state index is -0.164. The van der Waals surface area contributed by atoms with E-state index in [1.807, 2.05) is 12.1 Å². The normalized spacial score (nSPS) is 18.6. The molecule has 1 fully saturated rings. The Kier molecular flexibility index (Phi) is 4.17. The van der Waals surface area contributed by atoms with Crippen LogP contribution in [0, 0.1) is 0 Å². The lowest BCUT2D eigenvalue weighted by Gasteiger charge is -2.10. The summed E-state index contributed by atoms with van der Waals surface area (Å²) in [6.07, 6.45) is 2.17. The molecule has 1 aliphatic rings. The van der Waals surface area contributed by atoms with Gasteiger partial charge in [0.1, 0.15) is 4.88 Å². The number of amides is 1. The fourth-order valence-corrected chi connectivity index (χ4v) is 4.18. The highest BCUT2D eigenvalue weighted by Crippen LogP contribution is 2.39. The molecule has 2 aromatic rings. The summed E-state index contributed by atoms with van der Waals surface area (Å²) in [5.41, 5.74) is 0. The number of ether oxygens (including phenoxy) is 1. The molecule has 2 heterocycles. The average Bonchev–Trinajstić information content (AvgIpc) is 3.05. The Hall–Kier alpha value is -0.810. The number of hydrogen-bond donors (Lipinski definition) is 1. The Morgan fingerprint density at radius 2 is 2.30 bits per heavy atom. The quantitative estimate of drug-likeness (QED) is 0.919. The lowest BCUT2D eigenvalue weighted by molar-refractivity contribution is 0.0861. The van der Waals surface area contributed by atoms with Crippen LogP contribution in [-0.2, 0) is 4.74 Å². The molecule has 1 amide bonds. The van der Waals surface area contributed by atoms with Gasteiger partial charge in [-0.25, -0.2) is 0 Å². The van der Waals surface area contributed by atoms with Crippen LogP contribution in [0.3, 0.4) is 0 Å². The van der Waals surface area contributed by atoms with E-state index in [-0.39, 0.29) is 12.0 Å². The first-order chi connectivity index (χ1) is 9.66. The average molecular weight is 330 g/mol. The third kappa shape index (κ3) is 2.66. The van der Waals surface area contributed by atoms with Crippen molar-refractivity contribution in [1.29, 1.82) is 0 Å². The Balaban J connectivity index is 1.80. The molecular weight excluding hydrogens is 317 g/mol. The van der Waals surface area contributed by atoms with Crippen molar-refractivity contribution in [3.8, 4) is 0 Å². The minimum absolute atomic E-state index is 0.121. The van der Waals surface area contributed by atoms with Gasteiger partial charge in [0.15, 0.2) is 0 Å². The lowest BCUT2D eigenvalue weighted by atomic mass is 10.2. The van der Waals surface area contributed by atoms with Gasteiger partial charge in [0.2, 0.25) is 0 Å². The summed E-state index contributed by atoms with van der Waals surface area (Å²) in [7, 11) is 0. The van der Waals surface area contributed by atoms with E-state index in [0.29, 0.717) is 21.5 Å². The van der Waals surface area contributed by atoms with Gasteiger partial charge in [-0.1, -0.05) is 29.3 Å². The van der Waals surface area contributed by atoms with Crippen molar-refractivity contribution in [1.82, 2.24) is 5.32 Å². The third-order valence-corrected chi connectivity index (χ3v) is 5.29. The second-order valence-electron chi connectivity index (χ2n) is 4.70. The molecule has 1 N–H and O–H groups in total. The van der Waals surface area contributed by atoms with Crippen molar-refractivity contribution in [3.63, 3.8) is 0 Å². The van der Waals surface area contributed by atoms with Gasteiger partial charge in [0.05, 0.1) is 16.1 Å². The van der Waals surface area contributed by atoms with Gasteiger partial charge in [-0.3, -0.25) is 4.79 Å². The first-order valence-corrected chi connectivity index (χ1v) is 8.00. The molecule has 1 unspecified atom stereocenters. The standard InChI is InChI=1S/C14H13Cl2NO2S/c15-9-4-1-5-10-11(9)12(16)13(20-10)14(18)17-7-8-3-2-6-19-8/h1,4-5,8H,2-3,6-7H2,(H,17,18). The van der Waals surface area contributed by atoms with E-state index in [1.54, 1.807) is 6.07 Å². The number of fused-ring (bicyclic) bond motifs is 1. The molecule has 0 radical (unpaired) electrons. The zero-order chi connectivity index (χ0) is 14.1. The summed E-state index contributed by atoms with van der Waals surface area (Å²) in [4.78, 5) is 12.7. The Labute approximate surface area is 130 Å². The zero-order valence-electron chi connectivity index (χ0n) is 10.6. The van der Waals surface area contributed by atoms with Crippen LogP contribution in [0.5, 0.6) is 0 Å². The summed E-state index contributed by atoms with van der Waals surface area (Å²) in [5, 5.41) is 4.64. The van der Waals surface area contributed by atoms with Crippen LogP contribution in [0.4, 0.5) is 0 Å². The molecule has 1 aromatic heterocycles. The summed E-state index contributed by atoms with van der Waals surface area (Å²) < 4.78 is 6.40. The van der Waals surface area contributed by atoms with Gasteiger partial charge < -0.3 is 10.1 Å². The summed E-state index contributed by atoms with van der Waals surface area (Å²) in [6.45, 7) is 1.30. The highest BCUT2D eigenvalue weighted by molar-refractivity contribution is 7.21. The first kappa shape index (κ1) is 14.1. The molecule has 0 aliphatic carbocycles. The fraction of sp³-hybridized carbons (Fsp3) is 0.357. The predicted octanol–water partition coefficient (Wildman–Crippen LogP) is 4.12. The predicted molar refractivity (Wildman–Crippen MR) is 83.2 cm³/mol. The van der Waals surface area contributed by atoms with Crippen molar-refractivity contribution in [3.05, 3.63) is 33.1 Å². The van der Waals surface area contributed by atoms with Crippen LogP contribution in [-0.4, -0.2) is 25.2 Å². The molecule has 0 saturated carbocycles. The molecule has 0 bridgehead atoms. The molecular formula is C14H13Cl2NO2S. The van der Waals surface area contributed by atoms with Crippen LogP contribution >= 0.6 is 34.5 Å². The number of halogens is 2. The van der Waals surface area contributed by atoms with E-state index in [4.69, 9.17) is 27.9 Å². The molecule has 3 rings (SSSR count). The number of nitrogens with one attached hydrogen (secondary N) is 1. The van der Waals surface area contributed by atoms with Crippen molar-refractivity contribution < 1.29 is 9.53 Å². The Morgan fingerprint density at radius 1 is 1.45 bits per heavy atom. The van der Waals surface area contributed by atoms with Crippen molar-refractivity contribution in [2.45, 2.75) is 18.9 Å². The van der Waals surface area contributed by atoms with E-state index in [9.17, 15) is 4.79 Å². The van der Waals surface area contributed by atoms with Crippen molar-refractivity contribution >= 4 is 50.5 Å². The van der Waals surface area contributed by atoms with E-state index in [1.165, 1.54) is 11.3 Å². The minimum Gasteiger partial charge on any atom is -0.376 e. The molecule has 1 aromatic carbocycles. The van der Waals surface area contributed by atoms with Crippen LogP contribution in [0.15, 0.2) is 18.2 Å². The summed E-state index contributed by atoms with van der Waals surface area (Å²) in [5.74, 6) is -0.164. The van der Waals surface area contributed by atoms with E-state index in [2.05, 4.69) is 5.32 Å². The van der Waals surface area contributed by atoms with Gasteiger partial charge in [0, 0.05) is 23.2 Å². The molecule has 3 nitrogen and oxygen atoms in total. The number of benzene rings is 1.